The fourth-order valence-corrected chi connectivity index (χ4v) is 1.73. The summed E-state index contributed by atoms with van der Waals surface area (Å²) in [6.45, 7) is 1.68. The molecule has 2 aromatic rings. The fraction of sp³-hybridized carbons (Fsp3) is 0.214. The van der Waals surface area contributed by atoms with Crippen molar-refractivity contribution in [2.75, 3.05) is 17.7 Å². The topological polar surface area (TPSA) is 81.2 Å². The molecule has 0 aliphatic heterocycles. The van der Waals surface area contributed by atoms with E-state index in [2.05, 4.69) is 4.98 Å². The lowest BCUT2D eigenvalue weighted by Crippen LogP contribution is -2.33. The van der Waals surface area contributed by atoms with Gasteiger partial charge in [-0.05, 0) is 31.2 Å². The average molecular weight is 272 g/mol. The van der Waals surface area contributed by atoms with Gasteiger partial charge in [0.05, 0.1) is 6.33 Å². The minimum Gasteiger partial charge on any atom is -0.399 e. The number of aromatic nitrogens is 2. The number of amides is 1. The second-order valence-corrected chi connectivity index (χ2v) is 4.54. The highest BCUT2D eigenvalue weighted by atomic mass is 16.2. The van der Waals surface area contributed by atoms with Crippen molar-refractivity contribution in [3.05, 3.63) is 52.7 Å². The van der Waals surface area contributed by atoms with Gasteiger partial charge >= 0.3 is 0 Å². The smallest absolute Gasteiger partial charge is 0.253 e. The first-order valence-corrected chi connectivity index (χ1v) is 6.12. The van der Waals surface area contributed by atoms with E-state index < -0.39 is 0 Å². The predicted molar refractivity (Wildman–Crippen MR) is 77.5 cm³/mol. The van der Waals surface area contributed by atoms with Gasteiger partial charge in [-0.1, -0.05) is 0 Å². The van der Waals surface area contributed by atoms with Gasteiger partial charge in [-0.3, -0.25) is 14.2 Å². The first kappa shape index (κ1) is 13.8. The summed E-state index contributed by atoms with van der Waals surface area (Å²) in [5, 5.41) is 0. The monoisotopic (exact) mass is 272 g/mol. The summed E-state index contributed by atoms with van der Waals surface area (Å²) >= 11 is 0. The molecular weight excluding hydrogens is 256 g/mol. The van der Waals surface area contributed by atoms with Crippen LogP contribution in [0.4, 0.5) is 11.4 Å². The molecule has 2 N–H and O–H groups in total. The van der Waals surface area contributed by atoms with Crippen molar-refractivity contribution in [3.8, 4) is 0 Å². The van der Waals surface area contributed by atoms with Gasteiger partial charge < -0.3 is 10.6 Å². The molecule has 0 atom stereocenters. The van der Waals surface area contributed by atoms with Crippen molar-refractivity contribution in [2.45, 2.75) is 13.5 Å². The summed E-state index contributed by atoms with van der Waals surface area (Å²) in [5.74, 6) is -0.206. The molecule has 0 aliphatic carbocycles. The van der Waals surface area contributed by atoms with E-state index in [1.165, 1.54) is 21.9 Å². The van der Waals surface area contributed by atoms with Crippen LogP contribution in [0.1, 0.15) is 5.69 Å². The Hall–Kier alpha value is -2.63. The lowest BCUT2D eigenvalue weighted by atomic mass is 10.2. The second-order valence-electron chi connectivity index (χ2n) is 4.54. The Morgan fingerprint density at radius 3 is 2.60 bits per heavy atom. The van der Waals surface area contributed by atoms with Gasteiger partial charge in [-0.15, -0.1) is 0 Å². The standard InChI is InChI=1S/C14H16N4O2/c1-10-7-13(19)18(9-16-10)8-14(20)17(2)12-5-3-11(15)4-6-12/h3-7,9H,8,15H2,1-2H3. The molecule has 20 heavy (non-hydrogen) atoms. The molecule has 0 fully saturated rings. The summed E-state index contributed by atoms with van der Waals surface area (Å²) in [7, 11) is 1.65. The minimum absolute atomic E-state index is 0.0486. The van der Waals surface area contributed by atoms with Crippen LogP contribution < -0.4 is 16.2 Å². The Labute approximate surface area is 116 Å². The Balaban J connectivity index is 2.15. The zero-order valence-electron chi connectivity index (χ0n) is 11.4. The number of carbonyl (C=O) groups excluding carboxylic acids is 1. The number of nitrogen functional groups attached to an aromatic ring is 1. The van der Waals surface area contributed by atoms with Crippen molar-refractivity contribution in [1.82, 2.24) is 9.55 Å². The van der Waals surface area contributed by atoms with Crippen LogP contribution in [0, 0.1) is 6.92 Å². The van der Waals surface area contributed by atoms with Crippen LogP contribution in [0.5, 0.6) is 0 Å². The summed E-state index contributed by atoms with van der Waals surface area (Å²) < 4.78 is 1.28. The van der Waals surface area contributed by atoms with E-state index in [0.29, 0.717) is 11.4 Å². The highest BCUT2D eigenvalue weighted by molar-refractivity contribution is 5.92. The number of carbonyl (C=O) groups is 1. The van der Waals surface area contributed by atoms with Crippen LogP contribution in [-0.4, -0.2) is 22.5 Å². The Morgan fingerprint density at radius 1 is 1.35 bits per heavy atom. The van der Waals surface area contributed by atoms with E-state index >= 15 is 0 Å². The van der Waals surface area contributed by atoms with Gasteiger partial charge in [0, 0.05) is 30.2 Å². The van der Waals surface area contributed by atoms with Crippen molar-refractivity contribution >= 4 is 17.3 Å². The van der Waals surface area contributed by atoms with Gasteiger partial charge in [0.2, 0.25) is 5.91 Å². The molecule has 0 aliphatic rings. The molecule has 1 aromatic heterocycles. The SMILES string of the molecule is Cc1cc(=O)n(CC(=O)N(C)c2ccc(N)cc2)cn1. The molecular formula is C14H16N4O2. The van der Waals surface area contributed by atoms with Crippen molar-refractivity contribution in [3.63, 3.8) is 0 Å². The molecule has 0 saturated heterocycles. The quantitative estimate of drug-likeness (QED) is 0.838. The fourth-order valence-electron chi connectivity index (χ4n) is 1.73. The van der Waals surface area contributed by atoms with E-state index in [-0.39, 0.29) is 18.0 Å². The van der Waals surface area contributed by atoms with E-state index in [1.807, 2.05) is 0 Å². The normalized spacial score (nSPS) is 10.3. The Morgan fingerprint density at radius 2 is 2.00 bits per heavy atom. The van der Waals surface area contributed by atoms with Crippen LogP contribution in [0.15, 0.2) is 41.5 Å². The molecule has 0 saturated carbocycles. The molecule has 0 spiro atoms. The van der Waals surface area contributed by atoms with E-state index in [9.17, 15) is 9.59 Å². The number of anilines is 2. The van der Waals surface area contributed by atoms with Gasteiger partial charge in [0.15, 0.2) is 0 Å². The van der Waals surface area contributed by atoms with Crippen LogP contribution in [0.3, 0.4) is 0 Å². The number of nitrogens with two attached hydrogens (primary N) is 1. The number of hydrogen-bond acceptors (Lipinski definition) is 4. The van der Waals surface area contributed by atoms with Gasteiger partial charge in [-0.2, -0.15) is 0 Å². The third-order valence-electron chi connectivity index (χ3n) is 2.98. The molecule has 0 bridgehead atoms. The molecule has 1 heterocycles. The van der Waals surface area contributed by atoms with E-state index in [0.717, 1.165) is 5.69 Å². The van der Waals surface area contributed by atoms with Crippen molar-refractivity contribution < 1.29 is 4.79 Å². The minimum atomic E-state index is -0.239. The number of hydrogen-bond donors (Lipinski definition) is 1. The van der Waals surface area contributed by atoms with Crippen LogP contribution in [-0.2, 0) is 11.3 Å². The van der Waals surface area contributed by atoms with Gasteiger partial charge in [0.25, 0.3) is 5.56 Å². The second kappa shape index (κ2) is 5.56. The summed E-state index contributed by atoms with van der Waals surface area (Å²) in [6.07, 6.45) is 1.38. The molecule has 0 unspecified atom stereocenters. The molecule has 1 aromatic carbocycles. The van der Waals surface area contributed by atoms with E-state index in [4.69, 9.17) is 5.73 Å². The number of rotatable bonds is 3. The number of aryl methyl sites for hydroxylation is 1. The van der Waals surface area contributed by atoms with Crippen LogP contribution in [0.25, 0.3) is 0 Å². The predicted octanol–water partition coefficient (Wildman–Crippen LogP) is 0.797. The first-order valence-electron chi connectivity index (χ1n) is 6.12. The lowest BCUT2D eigenvalue weighted by molar-refractivity contribution is -0.118. The maximum absolute atomic E-state index is 12.1. The maximum atomic E-state index is 12.1. The highest BCUT2D eigenvalue weighted by Gasteiger charge is 2.12. The lowest BCUT2D eigenvalue weighted by Gasteiger charge is -2.18. The number of nitrogens with zero attached hydrogens (tertiary/aromatic N) is 3. The zero-order chi connectivity index (χ0) is 14.7. The molecule has 6 heteroatoms. The van der Waals surface area contributed by atoms with Crippen LogP contribution in [0.2, 0.25) is 0 Å². The summed E-state index contributed by atoms with van der Waals surface area (Å²) in [6, 6.07) is 8.35. The van der Waals surface area contributed by atoms with Gasteiger partial charge in [-0.25, -0.2) is 4.98 Å². The third-order valence-corrected chi connectivity index (χ3v) is 2.98. The number of likely N-dealkylation sites (N-methyl/N-ethyl adjacent to an activating group) is 1. The molecule has 2 rings (SSSR count). The third kappa shape index (κ3) is 3.03. The Kier molecular flexibility index (Phi) is 3.84. The average Bonchev–Trinajstić information content (AvgIpc) is 2.42. The molecule has 104 valence electrons. The largest absolute Gasteiger partial charge is 0.399 e. The maximum Gasteiger partial charge on any atom is 0.253 e. The van der Waals surface area contributed by atoms with E-state index in [1.54, 1.807) is 38.2 Å². The Bertz CT molecular complexity index is 676. The van der Waals surface area contributed by atoms with Crippen molar-refractivity contribution in [2.24, 2.45) is 0 Å². The molecule has 6 nitrogen and oxygen atoms in total. The first-order chi connectivity index (χ1) is 9.47. The number of benzene rings is 1. The molecule has 1 amide bonds. The molecule has 0 radical (unpaired) electrons. The summed E-state index contributed by atoms with van der Waals surface area (Å²) in [5.41, 5.74) is 7.35. The van der Waals surface area contributed by atoms with Gasteiger partial charge in [0.1, 0.15) is 6.54 Å². The highest BCUT2D eigenvalue weighted by Crippen LogP contribution is 2.15. The van der Waals surface area contributed by atoms with Crippen molar-refractivity contribution in [1.29, 1.82) is 0 Å². The van der Waals surface area contributed by atoms with Crippen LogP contribution >= 0.6 is 0 Å². The zero-order valence-corrected chi connectivity index (χ0v) is 11.4. The summed E-state index contributed by atoms with van der Waals surface area (Å²) in [4.78, 5) is 29.3.